The number of aryl methyl sites for hydroxylation is 1. The lowest BCUT2D eigenvalue weighted by molar-refractivity contribution is 0.483. The van der Waals surface area contributed by atoms with Crippen molar-refractivity contribution in [1.82, 2.24) is 4.57 Å². The second-order valence-electron chi connectivity index (χ2n) is 3.26. The monoisotopic (exact) mass is 258 g/mol. The number of rotatable bonds is 2. The van der Waals surface area contributed by atoms with Crippen LogP contribution in [0, 0.1) is 5.41 Å². The predicted molar refractivity (Wildman–Crippen MR) is 61.2 cm³/mol. The third kappa shape index (κ3) is 1.77. The average molecular weight is 258 g/mol. The molecule has 86 valence electrons. The molecule has 0 amide bonds. The van der Waals surface area contributed by atoms with Crippen LogP contribution < -0.4 is 4.80 Å². The van der Waals surface area contributed by atoms with Gasteiger partial charge in [-0.15, -0.1) is 0 Å². The molecular weight excluding hydrogens is 248 g/mol. The SMILES string of the molecule is CCn1c(=N)sc2cc(S(=O)(=O)O)ccc21. The van der Waals surface area contributed by atoms with Crippen molar-refractivity contribution in [1.29, 1.82) is 5.41 Å². The number of hydrogen-bond acceptors (Lipinski definition) is 4. The molecule has 0 aliphatic rings. The van der Waals surface area contributed by atoms with Crippen LogP contribution in [0.1, 0.15) is 6.92 Å². The topological polar surface area (TPSA) is 83.2 Å². The van der Waals surface area contributed by atoms with Crippen molar-refractivity contribution < 1.29 is 13.0 Å². The van der Waals surface area contributed by atoms with Crippen molar-refractivity contribution in [3.05, 3.63) is 23.0 Å². The number of benzene rings is 1. The maximum atomic E-state index is 10.9. The summed E-state index contributed by atoms with van der Waals surface area (Å²) in [6.45, 7) is 2.57. The highest BCUT2D eigenvalue weighted by Gasteiger charge is 2.12. The lowest BCUT2D eigenvalue weighted by Crippen LogP contribution is -2.10. The zero-order chi connectivity index (χ0) is 11.9. The zero-order valence-corrected chi connectivity index (χ0v) is 10.1. The van der Waals surface area contributed by atoms with Crippen molar-refractivity contribution in [3.8, 4) is 0 Å². The van der Waals surface area contributed by atoms with E-state index in [4.69, 9.17) is 9.96 Å². The third-order valence-electron chi connectivity index (χ3n) is 2.29. The summed E-state index contributed by atoms with van der Waals surface area (Å²) in [7, 11) is -4.17. The van der Waals surface area contributed by atoms with Gasteiger partial charge in [-0.25, -0.2) is 0 Å². The Bertz CT molecular complexity index is 697. The van der Waals surface area contributed by atoms with Gasteiger partial charge in [-0.3, -0.25) is 9.96 Å². The molecule has 1 aromatic carbocycles. The summed E-state index contributed by atoms with van der Waals surface area (Å²) in [6.07, 6.45) is 0. The first-order chi connectivity index (χ1) is 7.43. The molecule has 0 saturated heterocycles. The number of hydrogen-bond donors (Lipinski definition) is 2. The minimum Gasteiger partial charge on any atom is -0.317 e. The highest BCUT2D eigenvalue weighted by atomic mass is 32.2. The van der Waals surface area contributed by atoms with E-state index in [-0.39, 0.29) is 4.90 Å². The molecule has 0 fully saturated rings. The summed E-state index contributed by atoms with van der Waals surface area (Å²) in [5.41, 5.74) is 0.810. The van der Waals surface area contributed by atoms with Gasteiger partial charge in [0.1, 0.15) is 0 Å². The van der Waals surface area contributed by atoms with Crippen molar-refractivity contribution >= 4 is 31.7 Å². The Morgan fingerprint density at radius 1 is 1.50 bits per heavy atom. The van der Waals surface area contributed by atoms with E-state index in [1.807, 2.05) is 6.92 Å². The van der Waals surface area contributed by atoms with Crippen LogP contribution in [0.4, 0.5) is 0 Å². The molecule has 0 atom stereocenters. The van der Waals surface area contributed by atoms with Crippen molar-refractivity contribution in [3.63, 3.8) is 0 Å². The summed E-state index contributed by atoms with van der Waals surface area (Å²) < 4.78 is 33.2. The van der Waals surface area contributed by atoms with E-state index >= 15 is 0 Å². The molecule has 16 heavy (non-hydrogen) atoms. The van der Waals surface area contributed by atoms with Crippen LogP contribution in [0.25, 0.3) is 10.2 Å². The first-order valence-corrected chi connectivity index (χ1v) is 6.84. The quantitative estimate of drug-likeness (QED) is 0.800. The van der Waals surface area contributed by atoms with E-state index in [1.54, 1.807) is 10.6 Å². The molecule has 0 aliphatic heterocycles. The number of nitrogens with zero attached hydrogens (tertiary/aromatic N) is 1. The molecule has 0 spiro atoms. The van der Waals surface area contributed by atoms with Crippen molar-refractivity contribution in [2.75, 3.05) is 0 Å². The van der Waals surface area contributed by atoms with Gasteiger partial charge in [0.15, 0.2) is 4.80 Å². The van der Waals surface area contributed by atoms with E-state index in [1.165, 1.54) is 23.5 Å². The maximum absolute atomic E-state index is 10.9. The standard InChI is InChI=1S/C9H10N2O3S2/c1-2-11-7-4-3-6(16(12,13)14)5-8(7)15-9(11)10/h3-5,10H,2H2,1H3,(H,12,13,14). The second kappa shape index (κ2) is 3.69. The summed E-state index contributed by atoms with van der Waals surface area (Å²) in [5, 5.41) is 7.70. The molecule has 0 aliphatic carbocycles. The van der Waals surface area contributed by atoms with E-state index in [0.29, 0.717) is 16.0 Å². The van der Waals surface area contributed by atoms with Gasteiger partial charge in [0.2, 0.25) is 0 Å². The van der Waals surface area contributed by atoms with Gasteiger partial charge in [-0.1, -0.05) is 11.3 Å². The number of nitrogens with one attached hydrogen (secondary N) is 1. The highest BCUT2D eigenvalue weighted by molar-refractivity contribution is 7.85. The molecule has 0 unspecified atom stereocenters. The molecule has 7 heteroatoms. The minimum absolute atomic E-state index is 0.135. The third-order valence-corrected chi connectivity index (χ3v) is 4.10. The smallest absolute Gasteiger partial charge is 0.294 e. The summed E-state index contributed by atoms with van der Waals surface area (Å²) in [4.78, 5) is 0.231. The van der Waals surface area contributed by atoms with Crippen LogP contribution in [0.15, 0.2) is 23.1 Å². The lowest BCUT2D eigenvalue weighted by Gasteiger charge is -2.00. The van der Waals surface area contributed by atoms with Gasteiger partial charge in [0, 0.05) is 6.54 Å². The van der Waals surface area contributed by atoms with Gasteiger partial charge in [0.05, 0.1) is 15.1 Å². The van der Waals surface area contributed by atoms with Gasteiger partial charge in [-0.05, 0) is 25.1 Å². The highest BCUT2D eigenvalue weighted by Crippen LogP contribution is 2.21. The Morgan fingerprint density at radius 3 is 2.75 bits per heavy atom. The fraction of sp³-hybridized carbons (Fsp3) is 0.222. The maximum Gasteiger partial charge on any atom is 0.294 e. The first kappa shape index (κ1) is 11.3. The van der Waals surface area contributed by atoms with Gasteiger partial charge in [0.25, 0.3) is 10.1 Å². The van der Waals surface area contributed by atoms with Crippen LogP contribution in [0.2, 0.25) is 0 Å². The largest absolute Gasteiger partial charge is 0.317 e. The molecule has 1 aromatic heterocycles. The Balaban J connectivity index is 2.80. The number of fused-ring (bicyclic) bond motifs is 1. The molecule has 2 rings (SSSR count). The summed E-state index contributed by atoms with van der Waals surface area (Å²) in [6, 6.07) is 4.34. The van der Waals surface area contributed by atoms with E-state index in [0.717, 1.165) is 5.52 Å². The van der Waals surface area contributed by atoms with Crippen LogP contribution in [0.5, 0.6) is 0 Å². The molecule has 0 radical (unpaired) electrons. The molecule has 2 N–H and O–H groups in total. The Kier molecular flexibility index (Phi) is 2.61. The second-order valence-corrected chi connectivity index (χ2v) is 5.71. The molecule has 5 nitrogen and oxygen atoms in total. The number of thiazole rings is 1. The lowest BCUT2D eigenvalue weighted by atomic mass is 10.3. The molecule has 0 bridgehead atoms. The Hall–Kier alpha value is -1.18. The fourth-order valence-corrected chi connectivity index (χ4v) is 3.14. The van der Waals surface area contributed by atoms with E-state index in [2.05, 4.69) is 0 Å². The Morgan fingerprint density at radius 2 is 2.19 bits per heavy atom. The first-order valence-electron chi connectivity index (χ1n) is 4.59. The summed E-state index contributed by atoms with van der Waals surface area (Å²) >= 11 is 1.19. The van der Waals surface area contributed by atoms with Gasteiger partial charge >= 0.3 is 0 Å². The van der Waals surface area contributed by atoms with Crippen LogP contribution in [-0.4, -0.2) is 17.5 Å². The molecule has 1 heterocycles. The van der Waals surface area contributed by atoms with Gasteiger partial charge < -0.3 is 4.57 Å². The van der Waals surface area contributed by atoms with Crippen LogP contribution in [0.3, 0.4) is 0 Å². The van der Waals surface area contributed by atoms with Crippen LogP contribution in [-0.2, 0) is 16.7 Å². The number of aromatic nitrogens is 1. The van der Waals surface area contributed by atoms with Crippen LogP contribution >= 0.6 is 11.3 Å². The average Bonchev–Trinajstić information content (AvgIpc) is 2.50. The van der Waals surface area contributed by atoms with E-state index < -0.39 is 10.1 Å². The fourth-order valence-electron chi connectivity index (χ4n) is 1.54. The van der Waals surface area contributed by atoms with Crippen molar-refractivity contribution in [2.24, 2.45) is 0 Å². The predicted octanol–water partition coefficient (Wildman–Crippen LogP) is 1.45. The molecule has 2 aromatic rings. The Labute approximate surface area is 96.2 Å². The summed E-state index contributed by atoms with van der Waals surface area (Å²) in [5.74, 6) is 0. The van der Waals surface area contributed by atoms with E-state index in [9.17, 15) is 8.42 Å². The van der Waals surface area contributed by atoms with Crippen molar-refractivity contribution in [2.45, 2.75) is 18.4 Å². The van der Waals surface area contributed by atoms with Gasteiger partial charge in [-0.2, -0.15) is 8.42 Å². The zero-order valence-electron chi connectivity index (χ0n) is 8.47. The molecular formula is C9H10N2O3S2. The normalized spacial score (nSPS) is 12.1. The molecule has 0 saturated carbocycles. The minimum atomic E-state index is -4.17.